The van der Waals surface area contributed by atoms with Gasteiger partial charge >= 0.3 is 0 Å². The zero-order chi connectivity index (χ0) is 11.7. The molecule has 0 saturated carbocycles. The van der Waals surface area contributed by atoms with E-state index in [9.17, 15) is 9.90 Å². The Bertz CT molecular complexity index is 397. The Balaban J connectivity index is 2.15. The standard InChI is InChI=1S/C10H15N3O2S/c11-7-5-8(16-9(7)10(12)15)13-3-1-6(14)2-4-13/h5-6,14H,1-4,11H2,(H2,12,15). The maximum atomic E-state index is 11.1. The highest BCUT2D eigenvalue weighted by Crippen LogP contribution is 2.33. The van der Waals surface area contributed by atoms with Crippen LogP contribution in [0.15, 0.2) is 6.07 Å². The highest BCUT2D eigenvalue weighted by atomic mass is 32.1. The fourth-order valence-electron chi connectivity index (χ4n) is 1.83. The van der Waals surface area contributed by atoms with Crippen LogP contribution in [0.1, 0.15) is 22.5 Å². The molecule has 6 heteroatoms. The number of piperidine rings is 1. The number of hydrogen-bond donors (Lipinski definition) is 3. The fraction of sp³-hybridized carbons (Fsp3) is 0.500. The number of anilines is 2. The maximum absolute atomic E-state index is 11.1. The Hall–Kier alpha value is -1.27. The molecule has 0 radical (unpaired) electrons. The van der Waals surface area contributed by atoms with Gasteiger partial charge in [-0.3, -0.25) is 4.79 Å². The highest BCUT2D eigenvalue weighted by molar-refractivity contribution is 7.18. The van der Waals surface area contributed by atoms with Crippen LogP contribution in [0.5, 0.6) is 0 Å². The van der Waals surface area contributed by atoms with Crippen molar-refractivity contribution in [3.63, 3.8) is 0 Å². The molecule has 0 aliphatic carbocycles. The number of primary amides is 1. The summed E-state index contributed by atoms with van der Waals surface area (Å²) in [6.07, 6.45) is 1.30. The van der Waals surface area contributed by atoms with Crippen LogP contribution in [-0.2, 0) is 0 Å². The van der Waals surface area contributed by atoms with E-state index in [4.69, 9.17) is 11.5 Å². The Morgan fingerprint density at radius 2 is 2.12 bits per heavy atom. The molecule has 1 aliphatic heterocycles. The smallest absolute Gasteiger partial charge is 0.260 e. The molecule has 0 aromatic carbocycles. The quantitative estimate of drug-likeness (QED) is 0.698. The molecule has 1 fully saturated rings. The number of carbonyl (C=O) groups is 1. The van der Waals surface area contributed by atoms with Gasteiger partial charge in [-0.2, -0.15) is 0 Å². The van der Waals surface area contributed by atoms with E-state index in [0.717, 1.165) is 30.9 Å². The summed E-state index contributed by atoms with van der Waals surface area (Å²) in [4.78, 5) is 13.6. The molecule has 5 nitrogen and oxygen atoms in total. The van der Waals surface area contributed by atoms with Gasteiger partial charge in [0.15, 0.2) is 0 Å². The summed E-state index contributed by atoms with van der Waals surface area (Å²) in [5.74, 6) is -0.481. The van der Waals surface area contributed by atoms with Crippen LogP contribution in [-0.4, -0.2) is 30.2 Å². The summed E-state index contributed by atoms with van der Waals surface area (Å²) in [6.45, 7) is 1.58. The van der Waals surface area contributed by atoms with Crippen LogP contribution < -0.4 is 16.4 Å². The molecule has 5 N–H and O–H groups in total. The maximum Gasteiger partial charge on any atom is 0.260 e. The Kier molecular flexibility index (Phi) is 3.02. The summed E-state index contributed by atoms with van der Waals surface area (Å²) in [7, 11) is 0. The van der Waals surface area contributed by atoms with Crippen molar-refractivity contribution in [3.8, 4) is 0 Å². The predicted molar refractivity (Wildman–Crippen MR) is 64.7 cm³/mol. The molecule has 1 aliphatic rings. The molecular weight excluding hydrogens is 226 g/mol. The number of aliphatic hydroxyl groups excluding tert-OH is 1. The van der Waals surface area contributed by atoms with Crippen LogP contribution in [0.25, 0.3) is 0 Å². The largest absolute Gasteiger partial charge is 0.397 e. The molecule has 0 bridgehead atoms. The van der Waals surface area contributed by atoms with E-state index >= 15 is 0 Å². The number of rotatable bonds is 2. The Morgan fingerprint density at radius 1 is 1.50 bits per heavy atom. The number of amides is 1. The lowest BCUT2D eigenvalue weighted by molar-refractivity contribution is 0.100. The van der Waals surface area contributed by atoms with Crippen molar-refractivity contribution in [1.29, 1.82) is 0 Å². The number of aliphatic hydroxyl groups is 1. The molecule has 2 heterocycles. The van der Waals surface area contributed by atoms with Crippen molar-refractivity contribution in [3.05, 3.63) is 10.9 Å². The van der Waals surface area contributed by atoms with Gasteiger partial charge in [-0.25, -0.2) is 0 Å². The molecule has 0 spiro atoms. The van der Waals surface area contributed by atoms with Crippen LogP contribution >= 0.6 is 11.3 Å². The molecule has 16 heavy (non-hydrogen) atoms. The van der Waals surface area contributed by atoms with Gasteiger partial charge in [0, 0.05) is 13.1 Å². The lowest BCUT2D eigenvalue weighted by Gasteiger charge is -2.30. The Morgan fingerprint density at radius 3 is 2.62 bits per heavy atom. The molecule has 1 amide bonds. The van der Waals surface area contributed by atoms with Crippen LogP contribution in [0.2, 0.25) is 0 Å². The molecule has 1 aromatic rings. The highest BCUT2D eigenvalue weighted by Gasteiger charge is 2.20. The van der Waals surface area contributed by atoms with E-state index in [0.29, 0.717) is 10.6 Å². The third kappa shape index (κ3) is 2.12. The normalized spacial score (nSPS) is 17.7. The molecule has 1 aromatic heterocycles. The Labute approximate surface area is 97.7 Å². The van der Waals surface area contributed by atoms with Gasteiger partial charge in [-0.15, -0.1) is 11.3 Å². The summed E-state index contributed by atoms with van der Waals surface area (Å²) < 4.78 is 0. The van der Waals surface area contributed by atoms with Gasteiger partial charge in [0.1, 0.15) is 4.88 Å². The summed E-state index contributed by atoms with van der Waals surface area (Å²) in [6, 6.07) is 1.78. The van der Waals surface area contributed by atoms with E-state index in [-0.39, 0.29) is 6.10 Å². The van der Waals surface area contributed by atoms with Gasteiger partial charge in [0.2, 0.25) is 0 Å². The monoisotopic (exact) mass is 241 g/mol. The predicted octanol–water partition coefficient (Wildman–Crippen LogP) is 0.390. The number of hydrogen-bond acceptors (Lipinski definition) is 5. The lowest BCUT2D eigenvalue weighted by Crippen LogP contribution is -2.35. The van der Waals surface area contributed by atoms with Gasteiger partial charge in [0.25, 0.3) is 5.91 Å². The minimum absolute atomic E-state index is 0.204. The third-order valence-electron chi connectivity index (χ3n) is 2.75. The molecular formula is C10H15N3O2S. The summed E-state index contributed by atoms with van der Waals surface area (Å²) in [5, 5.41) is 10.4. The van der Waals surface area contributed by atoms with Crippen molar-refractivity contribution in [2.45, 2.75) is 18.9 Å². The topological polar surface area (TPSA) is 92.6 Å². The van der Waals surface area contributed by atoms with Gasteiger partial charge in [-0.05, 0) is 18.9 Å². The second kappa shape index (κ2) is 4.31. The van der Waals surface area contributed by atoms with Crippen molar-refractivity contribution in [2.24, 2.45) is 5.73 Å². The zero-order valence-electron chi connectivity index (χ0n) is 8.85. The summed E-state index contributed by atoms with van der Waals surface area (Å²) >= 11 is 1.32. The molecule has 2 rings (SSSR count). The molecule has 0 atom stereocenters. The first-order chi connectivity index (χ1) is 7.58. The first-order valence-corrected chi connectivity index (χ1v) is 6.01. The number of nitrogens with zero attached hydrogens (tertiary/aromatic N) is 1. The van der Waals surface area contributed by atoms with Gasteiger partial charge in [-0.1, -0.05) is 0 Å². The van der Waals surface area contributed by atoms with E-state index in [1.807, 2.05) is 0 Å². The second-order valence-electron chi connectivity index (χ2n) is 3.95. The minimum atomic E-state index is -0.481. The summed E-state index contributed by atoms with van der Waals surface area (Å²) in [5.41, 5.74) is 11.4. The van der Waals surface area contributed by atoms with E-state index < -0.39 is 5.91 Å². The SMILES string of the molecule is NC(=O)c1sc(N2CCC(O)CC2)cc1N. The van der Waals surface area contributed by atoms with E-state index in [1.54, 1.807) is 6.07 Å². The number of thiophene rings is 1. The zero-order valence-corrected chi connectivity index (χ0v) is 9.67. The van der Waals surface area contributed by atoms with Crippen LogP contribution in [0.4, 0.5) is 10.7 Å². The van der Waals surface area contributed by atoms with Crippen LogP contribution in [0, 0.1) is 0 Å². The van der Waals surface area contributed by atoms with Gasteiger partial charge < -0.3 is 21.5 Å². The van der Waals surface area contributed by atoms with Crippen molar-refractivity contribution in [1.82, 2.24) is 0 Å². The fourth-order valence-corrected chi connectivity index (χ4v) is 2.81. The van der Waals surface area contributed by atoms with Gasteiger partial charge in [0.05, 0.1) is 16.8 Å². The van der Waals surface area contributed by atoms with E-state index in [2.05, 4.69) is 4.90 Å². The van der Waals surface area contributed by atoms with Crippen molar-refractivity contribution >= 4 is 27.9 Å². The number of nitrogens with two attached hydrogens (primary N) is 2. The van der Waals surface area contributed by atoms with Crippen molar-refractivity contribution in [2.75, 3.05) is 23.7 Å². The minimum Gasteiger partial charge on any atom is -0.397 e. The second-order valence-corrected chi connectivity index (χ2v) is 4.98. The molecule has 0 unspecified atom stereocenters. The lowest BCUT2D eigenvalue weighted by atomic mass is 10.1. The number of nitrogen functional groups attached to an aromatic ring is 1. The van der Waals surface area contributed by atoms with Crippen LogP contribution in [0.3, 0.4) is 0 Å². The third-order valence-corrected chi connectivity index (χ3v) is 3.97. The first-order valence-electron chi connectivity index (χ1n) is 5.20. The average molecular weight is 241 g/mol. The molecule has 1 saturated heterocycles. The van der Waals surface area contributed by atoms with Crippen molar-refractivity contribution < 1.29 is 9.90 Å². The number of carbonyl (C=O) groups excluding carboxylic acids is 1. The first kappa shape index (κ1) is 11.2. The molecule has 88 valence electrons. The average Bonchev–Trinajstić information content (AvgIpc) is 2.61. The van der Waals surface area contributed by atoms with E-state index in [1.165, 1.54) is 11.3 Å².